The van der Waals surface area contributed by atoms with Crippen molar-refractivity contribution < 1.29 is 9.59 Å². The number of aryl methyl sites for hydroxylation is 1. The van der Waals surface area contributed by atoms with Crippen molar-refractivity contribution in [1.29, 1.82) is 0 Å². The Hall–Kier alpha value is -2.14. The number of piperazine rings is 1. The Morgan fingerprint density at radius 3 is 2.57 bits per heavy atom. The maximum absolute atomic E-state index is 12.7. The average molecular weight is 315 g/mol. The Morgan fingerprint density at radius 2 is 1.91 bits per heavy atom. The van der Waals surface area contributed by atoms with Gasteiger partial charge in [-0.1, -0.05) is 18.7 Å². The van der Waals surface area contributed by atoms with E-state index in [0.717, 1.165) is 49.4 Å². The molecule has 0 bridgehead atoms. The van der Waals surface area contributed by atoms with Crippen molar-refractivity contribution in [3.05, 3.63) is 47.5 Å². The SMILES string of the molecule is C=CC(=O)NCCN1CCN(C(=O)c2cccc(C)c2C)CC1. The van der Waals surface area contributed by atoms with E-state index in [1.54, 1.807) is 0 Å². The molecular weight excluding hydrogens is 290 g/mol. The van der Waals surface area contributed by atoms with E-state index in [1.807, 2.05) is 36.9 Å². The topological polar surface area (TPSA) is 52.7 Å². The minimum absolute atomic E-state index is 0.116. The van der Waals surface area contributed by atoms with Gasteiger partial charge in [-0.05, 0) is 37.1 Å². The number of rotatable bonds is 5. The van der Waals surface area contributed by atoms with Crippen molar-refractivity contribution in [3.8, 4) is 0 Å². The second-order valence-electron chi connectivity index (χ2n) is 5.88. The van der Waals surface area contributed by atoms with Crippen LogP contribution in [0.15, 0.2) is 30.9 Å². The van der Waals surface area contributed by atoms with Crippen LogP contribution in [0.1, 0.15) is 21.5 Å². The molecule has 1 aromatic carbocycles. The molecule has 1 aliphatic rings. The van der Waals surface area contributed by atoms with E-state index in [-0.39, 0.29) is 11.8 Å². The molecule has 2 rings (SSSR count). The molecule has 1 heterocycles. The standard InChI is InChI=1S/C18H25N3O2/c1-4-17(22)19-8-9-20-10-12-21(13-11-20)18(23)16-7-5-6-14(2)15(16)3/h4-7H,1,8-13H2,2-3H3,(H,19,22). The maximum Gasteiger partial charge on any atom is 0.254 e. The first kappa shape index (κ1) is 17.2. The maximum atomic E-state index is 12.7. The molecule has 1 aromatic rings. The first-order valence-corrected chi connectivity index (χ1v) is 8.01. The van der Waals surface area contributed by atoms with Gasteiger partial charge in [0.2, 0.25) is 5.91 Å². The number of carbonyl (C=O) groups is 2. The molecule has 0 saturated carbocycles. The van der Waals surface area contributed by atoms with Crippen molar-refractivity contribution >= 4 is 11.8 Å². The Bertz CT molecular complexity index is 590. The van der Waals surface area contributed by atoms with Crippen molar-refractivity contribution in [3.63, 3.8) is 0 Å². The fourth-order valence-electron chi connectivity index (χ4n) is 2.74. The van der Waals surface area contributed by atoms with Gasteiger partial charge in [0.15, 0.2) is 0 Å². The number of nitrogens with one attached hydrogen (secondary N) is 1. The highest BCUT2D eigenvalue weighted by molar-refractivity contribution is 5.96. The molecule has 5 nitrogen and oxygen atoms in total. The molecule has 5 heteroatoms. The first-order valence-electron chi connectivity index (χ1n) is 8.01. The monoisotopic (exact) mass is 315 g/mol. The highest BCUT2D eigenvalue weighted by Gasteiger charge is 2.23. The van der Waals surface area contributed by atoms with Gasteiger partial charge in [0.05, 0.1) is 0 Å². The Kier molecular flexibility index (Phi) is 5.93. The minimum Gasteiger partial charge on any atom is -0.351 e. The average Bonchev–Trinajstić information content (AvgIpc) is 2.57. The molecule has 1 N–H and O–H groups in total. The molecule has 0 unspecified atom stereocenters. The van der Waals surface area contributed by atoms with Crippen LogP contribution in [0.25, 0.3) is 0 Å². The van der Waals surface area contributed by atoms with Crippen LogP contribution in [0.5, 0.6) is 0 Å². The third kappa shape index (κ3) is 4.42. The quantitative estimate of drug-likeness (QED) is 0.835. The highest BCUT2D eigenvalue weighted by Crippen LogP contribution is 2.16. The first-order chi connectivity index (χ1) is 11.0. The number of hydrogen-bond acceptors (Lipinski definition) is 3. The van der Waals surface area contributed by atoms with Crippen LogP contribution in [0, 0.1) is 13.8 Å². The molecule has 0 aliphatic carbocycles. The van der Waals surface area contributed by atoms with Gasteiger partial charge in [0, 0.05) is 44.8 Å². The summed E-state index contributed by atoms with van der Waals surface area (Å²) in [7, 11) is 0. The third-order valence-electron chi connectivity index (χ3n) is 4.41. The van der Waals surface area contributed by atoms with Crippen LogP contribution in [0.4, 0.5) is 0 Å². The molecular formula is C18H25N3O2. The summed E-state index contributed by atoms with van der Waals surface area (Å²) in [6, 6.07) is 5.87. The second kappa shape index (κ2) is 7.92. The predicted molar refractivity (Wildman–Crippen MR) is 91.5 cm³/mol. The Labute approximate surface area is 138 Å². The zero-order chi connectivity index (χ0) is 16.8. The van der Waals surface area contributed by atoms with Crippen molar-refractivity contribution in [1.82, 2.24) is 15.1 Å². The van der Waals surface area contributed by atoms with Crippen LogP contribution in [0.3, 0.4) is 0 Å². The van der Waals surface area contributed by atoms with Gasteiger partial charge in [-0.25, -0.2) is 0 Å². The van der Waals surface area contributed by atoms with Gasteiger partial charge in [0.25, 0.3) is 5.91 Å². The van der Waals surface area contributed by atoms with Gasteiger partial charge in [-0.3, -0.25) is 14.5 Å². The summed E-state index contributed by atoms with van der Waals surface area (Å²) in [5.74, 6) is -0.0282. The van der Waals surface area contributed by atoms with Gasteiger partial charge < -0.3 is 10.2 Å². The van der Waals surface area contributed by atoms with E-state index in [0.29, 0.717) is 6.54 Å². The molecule has 0 radical (unpaired) electrons. The fourth-order valence-corrected chi connectivity index (χ4v) is 2.74. The molecule has 124 valence electrons. The molecule has 23 heavy (non-hydrogen) atoms. The van der Waals surface area contributed by atoms with Gasteiger partial charge in [0.1, 0.15) is 0 Å². The summed E-state index contributed by atoms with van der Waals surface area (Å²) in [4.78, 5) is 27.9. The summed E-state index contributed by atoms with van der Waals surface area (Å²) >= 11 is 0. The van der Waals surface area contributed by atoms with Crippen LogP contribution in [-0.4, -0.2) is 60.9 Å². The molecule has 2 amide bonds. The summed E-state index contributed by atoms with van der Waals surface area (Å²) in [5, 5.41) is 2.77. The summed E-state index contributed by atoms with van der Waals surface area (Å²) in [6.45, 7) is 12.0. The predicted octanol–water partition coefficient (Wildman–Crippen LogP) is 1.36. The number of nitrogens with zero attached hydrogens (tertiary/aromatic N) is 2. The Balaban J connectivity index is 1.84. The van der Waals surface area contributed by atoms with Gasteiger partial charge in [-0.2, -0.15) is 0 Å². The number of carbonyl (C=O) groups excluding carboxylic acids is 2. The van der Waals surface area contributed by atoms with E-state index >= 15 is 0 Å². The van der Waals surface area contributed by atoms with Crippen molar-refractivity contribution in [2.45, 2.75) is 13.8 Å². The van der Waals surface area contributed by atoms with E-state index < -0.39 is 0 Å². The molecule has 0 spiro atoms. The molecule has 0 aromatic heterocycles. The zero-order valence-electron chi connectivity index (χ0n) is 14.0. The van der Waals surface area contributed by atoms with Crippen LogP contribution < -0.4 is 5.32 Å². The highest BCUT2D eigenvalue weighted by atomic mass is 16.2. The molecule has 1 fully saturated rings. The molecule has 1 aliphatic heterocycles. The normalized spacial score (nSPS) is 15.3. The largest absolute Gasteiger partial charge is 0.351 e. The number of hydrogen-bond donors (Lipinski definition) is 1. The van der Waals surface area contributed by atoms with Gasteiger partial charge in [-0.15, -0.1) is 0 Å². The van der Waals surface area contributed by atoms with Gasteiger partial charge >= 0.3 is 0 Å². The Morgan fingerprint density at radius 1 is 1.22 bits per heavy atom. The molecule has 1 saturated heterocycles. The minimum atomic E-state index is -0.145. The second-order valence-corrected chi connectivity index (χ2v) is 5.88. The van der Waals surface area contributed by atoms with E-state index in [4.69, 9.17) is 0 Å². The smallest absolute Gasteiger partial charge is 0.254 e. The lowest BCUT2D eigenvalue weighted by atomic mass is 10.0. The summed E-state index contributed by atoms with van der Waals surface area (Å²) < 4.78 is 0. The van der Waals surface area contributed by atoms with E-state index in [9.17, 15) is 9.59 Å². The number of amides is 2. The van der Waals surface area contributed by atoms with Crippen LogP contribution in [-0.2, 0) is 4.79 Å². The van der Waals surface area contributed by atoms with Crippen LogP contribution >= 0.6 is 0 Å². The molecule has 0 atom stereocenters. The van der Waals surface area contributed by atoms with Crippen molar-refractivity contribution in [2.24, 2.45) is 0 Å². The van der Waals surface area contributed by atoms with E-state index in [1.165, 1.54) is 6.08 Å². The fraction of sp³-hybridized carbons (Fsp3) is 0.444. The summed E-state index contributed by atoms with van der Waals surface area (Å²) in [6.07, 6.45) is 1.28. The third-order valence-corrected chi connectivity index (χ3v) is 4.41. The summed E-state index contributed by atoms with van der Waals surface area (Å²) in [5.41, 5.74) is 3.01. The number of benzene rings is 1. The van der Waals surface area contributed by atoms with Crippen LogP contribution in [0.2, 0.25) is 0 Å². The lowest BCUT2D eigenvalue weighted by Crippen LogP contribution is -2.50. The lowest BCUT2D eigenvalue weighted by molar-refractivity contribution is -0.116. The van der Waals surface area contributed by atoms with E-state index in [2.05, 4.69) is 16.8 Å². The lowest BCUT2D eigenvalue weighted by Gasteiger charge is -2.35. The zero-order valence-corrected chi connectivity index (χ0v) is 14.0. The van der Waals surface area contributed by atoms with Crippen molar-refractivity contribution in [2.75, 3.05) is 39.3 Å².